The summed E-state index contributed by atoms with van der Waals surface area (Å²) in [6, 6.07) is 8.70. The Kier molecular flexibility index (Phi) is 4.44. The van der Waals surface area contributed by atoms with Crippen molar-refractivity contribution in [1.82, 2.24) is 10.2 Å². The highest BCUT2D eigenvalue weighted by atomic mass is 16.2. The minimum atomic E-state index is -0.0799. The van der Waals surface area contributed by atoms with Crippen LogP contribution in [0.4, 0.5) is 10.5 Å². The molecule has 0 spiro atoms. The van der Waals surface area contributed by atoms with Gasteiger partial charge in [0.25, 0.3) is 0 Å². The third kappa shape index (κ3) is 3.76. The SMILES string of the molecule is CN1CCC[C@@H]1CCNC(=O)Nc1ccccc1C1CC1. The number of likely N-dealkylation sites (tertiary alicyclic amines) is 1. The average Bonchev–Trinajstić information content (AvgIpc) is 3.24. The topological polar surface area (TPSA) is 44.4 Å². The predicted molar refractivity (Wildman–Crippen MR) is 85.7 cm³/mol. The van der Waals surface area contributed by atoms with Crippen LogP contribution in [0.1, 0.15) is 43.6 Å². The Labute approximate surface area is 126 Å². The highest BCUT2D eigenvalue weighted by Crippen LogP contribution is 2.43. The Bertz CT molecular complexity index is 499. The Hall–Kier alpha value is -1.55. The van der Waals surface area contributed by atoms with E-state index in [2.05, 4.69) is 28.6 Å². The van der Waals surface area contributed by atoms with Crippen LogP contribution in [-0.4, -0.2) is 37.1 Å². The van der Waals surface area contributed by atoms with Crippen molar-refractivity contribution in [3.8, 4) is 0 Å². The van der Waals surface area contributed by atoms with Crippen LogP contribution in [0.25, 0.3) is 0 Å². The molecule has 2 amide bonds. The standard InChI is InChI=1S/C17H25N3O/c1-20-12-4-5-14(20)10-11-18-17(21)19-16-7-3-2-6-15(16)13-8-9-13/h2-3,6-7,13-14H,4-5,8-12H2,1H3,(H2,18,19,21)/t14-/m1/s1. The van der Waals surface area contributed by atoms with Gasteiger partial charge in [0, 0.05) is 18.3 Å². The number of anilines is 1. The Morgan fingerprint density at radius 1 is 1.29 bits per heavy atom. The zero-order chi connectivity index (χ0) is 14.7. The molecule has 3 rings (SSSR count). The first-order valence-corrected chi connectivity index (χ1v) is 8.08. The molecule has 1 aliphatic heterocycles. The minimum Gasteiger partial charge on any atom is -0.338 e. The molecule has 0 bridgehead atoms. The summed E-state index contributed by atoms with van der Waals surface area (Å²) in [7, 11) is 2.17. The summed E-state index contributed by atoms with van der Waals surface area (Å²) >= 11 is 0. The lowest BCUT2D eigenvalue weighted by Crippen LogP contribution is -2.34. The number of nitrogens with one attached hydrogen (secondary N) is 2. The molecule has 2 fully saturated rings. The van der Waals surface area contributed by atoms with Crippen molar-refractivity contribution in [3.05, 3.63) is 29.8 Å². The lowest BCUT2D eigenvalue weighted by Gasteiger charge is -2.19. The summed E-state index contributed by atoms with van der Waals surface area (Å²) in [5.41, 5.74) is 2.25. The maximum absolute atomic E-state index is 12.0. The minimum absolute atomic E-state index is 0.0799. The van der Waals surface area contributed by atoms with Crippen molar-refractivity contribution in [2.45, 2.75) is 44.1 Å². The van der Waals surface area contributed by atoms with Gasteiger partial charge in [-0.3, -0.25) is 0 Å². The monoisotopic (exact) mass is 287 g/mol. The third-order valence-corrected chi connectivity index (χ3v) is 4.66. The van der Waals surface area contributed by atoms with E-state index in [0.29, 0.717) is 12.0 Å². The molecule has 0 radical (unpaired) electrons. The van der Waals surface area contributed by atoms with E-state index in [1.807, 2.05) is 18.2 Å². The van der Waals surface area contributed by atoms with Gasteiger partial charge in [0.15, 0.2) is 0 Å². The van der Waals surface area contributed by atoms with Crippen LogP contribution in [-0.2, 0) is 0 Å². The molecule has 1 aromatic rings. The number of para-hydroxylation sites is 1. The van der Waals surface area contributed by atoms with Gasteiger partial charge in [-0.05, 0) is 63.2 Å². The van der Waals surface area contributed by atoms with Crippen molar-refractivity contribution in [2.75, 3.05) is 25.5 Å². The van der Waals surface area contributed by atoms with Crippen LogP contribution < -0.4 is 10.6 Å². The second-order valence-corrected chi connectivity index (χ2v) is 6.31. The zero-order valence-electron chi connectivity index (χ0n) is 12.8. The lowest BCUT2D eigenvalue weighted by molar-refractivity contribution is 0.248. The molecule has 1 atom stereocenters. The number of hydrogen-bond donors (Lipinski definition) is 2. The number of benzene rings is 1. The number of hydrogen-bond acceptors (Lipinski definition) is 2. The maximum atomic E-state index is 12.0. The van der Waals surface area contributed by atoms with E-state index in [0.717, 1.165) is 18.7 Å². The van der Waals surface area contributed by atoms with E-state index in [-0.39, 0.29) is 6.03 Å². The number of nitrogens with zero attached hydrogens (tertiary/aromatic N) is 1. The van der Waals surface area contributed by atoms with Gasteiger partial charge < -0.3 is 15.5 Å². The second-order valence-electron chi connectivity index (χ2n) is 6.31. The van der Waals surface area contributed by atoms with E-state index in [1.165, 1.54) is 37.8 Å². The normalized spacial score (nSPS) is 22.2. The maximum Gasteiger partial charge on any atom is 0.319 e. The largest absolute Gasteiger partial charge is 0.338 e. The molecular formula is C17H25N3O. The predicted octanol–water partition coefficient (Wildman–Crippen LogP) is 3.17. The Morgan fingerprint density at radius 2 is 2.10 bits per heavy atom. The molecule has 4 heteroatoms. The highest BCUT2D eigenvalue weighted by Gasteiger charge is 2.26. The summed E-state index contributed by atoms with van der Waals surface area (Å²) in [5, 5.41) is 5.99. The number of amides is 2. The van der Waals surface area contributed by atoms with Crippen molar-refractivity contribution >= 4 is 11.7 Å². The molecule has 2 aliphatic rings. The number of carbonyl (C=O) groups excluding carboxylic acids is 1. The van der Waals surface area contributed by atoms with Gasteiger partial charge in [-0.25, -0.2) is 4.79 Å². The summed E-state index contributed by atoms with van der Waals surface area (Å²) in [6.07, 6.45) is 6.06. The van der Waals surface area contributed by atoms with Gasteiger partial charge in [0.2, 0.25) is 0 Å². The van der Waals surface area contributed by atoms with Crippen molar-refractivity contribution in [2.24, 2.45) is 0 Å². The van der Waals surface area contributed by atoms with Crippen LogP contribution in [0.15, 0.2) is 24.3 Å². The van der Waals surface area contributed by atoms with Crippen LogP contribution >= 0.6 is 0 Å². The van der Waals surface area contributed by atoms with Gasteiger partial charge in [-0.15, -0.1) is 0 Å². The first-order chi connectivity index (χ1) is 10.2. The molecule has 1 aromatic carbocycles. The molecule has 114 valence electrons. The molecule has 1 saturated carbocycles. The van der Waals surface area contributed by atoms with E-state index in [1.54, 1.807) is 0 Å². The second kappa shape index (κ2) is 6.48. The fourth-order valence-electron chi connectivity index (χ4n) is 3.22. The molecule has 1 saturated heterocycles. The molecule has 4 nitrogen and oxygen atoms in total. The summed E-state index contributed by atoms with van der Waals surface area (Å²) in [6.45, 7) is 1.93. The highest BCUT2D eigenvalue weighted by molar-refractivity contribution is 5.90. The van der Waals surface area contributed by atoms with Crippen molar-refractivity contribution in [1.29, 1.82) is 0 Å². The molecule has 2 N–H and O–H groups in total. The molecule has 21 heavy (non-hydrogen) atoms. The van der Waals surface area contributed by atoms with Gasteiger partial charge >= 0.3 is 6.03 Å². The lowest BCUT2D eigenvalue weighted by atomic mass is 10.1. The third-order valence-electron chi connectivity index (χ3n) is 4.66. The van der Waals surface area contributed by atoms with E-state index in [4.69, 9.17) is 0 Å². The van der Waals surface area contributed by atoms with E-state index < -0.39 is 0 Å². The van der Waals surface area contributed by atoms with E-state index >= 15 is 0 Å². The van der Waals surface area contributed by atoms with E-state index in [9.17, 15) is 4.79 Å². The summed E-state index contributed by atoms with van der Waals surface area (Å²) < 4.78 is 0. The quantitative estimate of drug-likeness (QED) is 0.873. The molecule has 1 heterocycles. The van der Waals surface area contributed by atoms with Crippen LogP contribution in [0.3, 0.4) is 0 Å². The molecule has 0 aromatic heterocycles. The Balaban J connectivity index is 1.46. The average molecular weight is 287 g/mol. The summed E-state index contributed by atoms with van der Waals surface area (Å²) in [4.78, 5) is 14.4. The fraction of sp³-hybridized carbons (Fsp3) is 0.588. The van der Waals surface area contributed by atoms with Crippen molar-refractivity contribution in [3.63, 3.8) is 0 Å². The number of carbonyl (C=O) groups is 1. The number of rotatable bonds is 5. The molecular weight excluding hydrogens is 262 g/mol. The summed E-state index contributed by atoms with van der Waals surface area (Å²) in [5.74, 6) is 0.647. The first kappa shape index (κ1) is 14.4. The first-order valence-electron chi connectivity index (χ1n) is 8.08. The Morgan fingerprint density at radius 3 is 2.81 bits per heavy atom. The van der Waals surface area contributed by atoms with Crippen LogP contribution in [0.2, 0.25) is 0 Å². The zero-order valence-corrected chi connectivity index (χ0v) is 12.8. The van der Waals surface area contributed by atoms with Gasteiger partial charge in [0.05, 0.1) is 0 Å². The smallest absolute Gasteiger partial charge is 0.319 e. The van der Waals surface area contributed by atoms with Gasteiger partial charge in [-0.1, -0.05) is 18.2 Å². The van der Waals surface area contributed by atoms with Crippen molar-refractivity contribution < 1.29 is 4.79 Å². The van der Waals surface area contributed by atoms with Gasteiger partial charge in [0.1, 0.15) is 0 Å². The van der Waals surface area contributed by atoms with Crippen LogP contribution in [0.5, 0.6) is 0 Å². The molecule has 0 unspecified atom stereocenters. The fourth-order valence-corrected chi connectivity index (χ4v) is 3.22. The molecule has 1 aliphatic carbocycles. The van der Waals surface area contributed by atoms with Crippen LogP contribution in [0, 0.1) is 0 Å². The number of urea groups is 1. The van der Waals surface area contributed by atoms with Gasteiger partial charge in [-0.2, -0.15) is 0 Å².